The van der Waals surface area contributed by atoms with E-state index in [0.717, 1.165) is 69.0 Å². The van der Waals surface area contributed by atoms with E-state index in [1.165, 1.54) is 27.6 Å². The number of H-pyrrole nitrogens is 1. The van der Waals surface area contributed by atoms with Gasteiger partial charge >= 0.3 is 0 Å². The zero-order valence-corrected chi connectivity index (χ0v) is 19.2. The zero-order valence-electron chi connectivity index (χ0n) is 19.2. The summed E-state index contributed by atoms with van der Waals surface area (Å²) in [7, 11) is 0. The number of fused-ring (bicyclic) bond motifs is 9. The first kappa shape index (κ1) is 18.6. The van der Waals surface area contributed by atoms with Crippen LogP contribution < -0.4 is 0 Å². The maximum atomic E-state index is 5.01. The Hall–Kier alpha value is -4.71. The van der Waals surface area contributed by atoms with Crippen molar-refractivity contribution >= 4 is 56.8 Å². The SMILES string of the molecule is C1=NC=C2C(=Nc3cc4c5c([nH]c4cc32)C(c2cc3ccccc3cn2)C2=C(C5)N=C3C=NC=C32)C1. The van der Waals surface area contributed by atoms with Crippen molar-refractivity contribution in [2.45, 2.75) is 18.8 Å². The predicted octanol–water partition coefficient (Wildman–Crippen LogP) is 5.98. The van der Waals surface area contributed by atoms with Gasteiger partial charge in [0.15, 0.2) is 0 Å². The first-order valence-electron chi connectivity index (χ1n) is 12.2. The number of hydrogen-bond acceptors (Lipinski definition) is 5. The molecule has 0 radical (unpaired) electrons. The predicted molar refractivity (Wildman–Crippen MR) is 145 cm³/mol. The Balaban J connectivity index is 1.29. The second kappa shape index (κ2) is 6.49. The third-order valence-electron chi connectivity index (χ3n) is 7.91. The van der Waals surface area contributed by atoms with Gasteiger partial charge in [0, 0.05) is 76.3 Å². The highest BCUT2D eigenvalue weighted by atomic mass is 14.9. The number of hydrogen-bond donors (Lipinski definition) is 1. The van der Waals surface area contributed by atoms with Crippen LogP contribution in [0.3, 0.4) is 0 Å². The number of nitrogens with one attached hydrogen (secondary N) is 1. The smallest absolute Gasteiger partial charge is 0.0907 e. The Labute approximate surface area is 206 Å². The first-order valence-corrected chi connectivity index (χ1v) is 12.2. The van der Waals surface area contributed by atoms with E-state index in [0.29, 0.717) is 0 Å². The van der Waals surface area contributed by atoms with Crippen molar-refractivity contribution in [1.29, 1.82) is 0 Å². The molecule has 168 valence electrons. The summed E-state index contributed by atoms with van der Waals surface area (Å²) >= 11 is 0. The average molecular weight is 463 g/mol. The third-order valence-corrected chi connectivity index (χ3v) is 7.91. The molecule has 0 spiro atoms. The van der Waals surface area contributed by atoms with E-state index in [9.17, 15) is 0 Å². The van der Waals surface area contributed by atoms with E-state index in [1.807, 2.05) is 31.0 Å². The summed E-state index contributed by atoms with van der Waals surface area (Å²) in [4.78, 5) is 27.5. The molecule has 0 amide bonds. The summed E-state index contributed by atoms with van der Waals surface area (Å²) in [6.07, 6.45) is 11.2. The minimum absolute atomic E-state index is 0.0395. The van der Waals surface area contributed by atoms with Crippen molar-refractivity contribution in [3.63, 3.8) is 0 Å². The van der Waals surface area contributed by atoms with Crippen LogP contribution in [0.25, 0.3) is 27.2 Å². The van der Waals surface area contributed by atoms with Gasteiger partial charge in [-0.15, -0.1) is 0 Å². The zero-order chi connectivity index (χ0) is 23.4. The van der Waals surface area contributed by atoms with Crippen molar-refractivity contribution in [2.24, 2.45) is 20.0 Å². The molecule has 1 unspecified atom stereocenters. The lowest BCUT2D eigenvalue weighted by atomic mass is 9.79. The van der Waals surface area contributed by atoms with Gasteiger partial charge in [0.05, 0.1) is 40.6 Å². The first-order chi connectivity index (χ1) is 17.8. The van der Waals surface area contributed by atoms with Crippen LogP contribution in [0.4, 0.5) is 5.69 Å². The number of rotatable bonds is 1. The highest BCUT2D eigenvalue weighted by Crippen LogP contribution is 2.50. The van der Waals surface area contributed by atoms with E-state index in [2.05, 4.69) is 57.4 Å². The molecule has 1 N–H and O–H groups in total. The van der Waals surface area contributed by atoms with Crippen LogP contribution in [0.1, 0.15) is 34.9 Å². The van der Waals surface area contributed by atoms with E-state index in [1.54, 1.807) is 0 Å². The number of benzene rings is 2. The summed E-state index contributed by atoms with van der Waals surface area (Å²) in [6.45, 7) is 0. The van der Waals surface area contributed by atoms with Crippen LogP contribution >= 0.6 is 0 Å². The Morgan fingerprint density at radius 1 is 0.917 bits per heavy atom. The van der Waals surface area contributed by atoms with Crippen molar-refractivity contribution < 1.29 is 0 Å². The molecule has 1 aliphatic carbocycles. The summed E-state index contributed by atoms with van der Waals surface area (Å²) in [5.74, 6) is -0.0395. The van der Waals surface area contributed by atoms with Gasteiger partial charge in [-0.25, -0.2) is 0 Å². The topological polar surface area (TPSA) is 78.1 Å². The minimum Gasteiger partial charge on any atom is -0.357 e. The fourth-order valence-corrected chi connectivity index (χ4v) is 6.28. The fourth-order valence-electron chi connectivity index (χ4n) is 6.28. The second-order valence-corrected chi connectivity index (χ2v) is 9.81. The number of aromatic amines is 1. The van der Waals surface area contributed by atoms with Crippen LogP contribution in [0.5, 0.6) is 0 Å². The molecule has 6 heteroatoms. The Bertz CT molecular complexity index is 1940. The molecule has 0 fully saturated rings. The molecular formula is C30H18N6. The van der Waals surface area contributed by atoms with Gasteiger partial charge in [-0.05, 0) is 34.7 Å². The van der Waals surface area contributed by atoms with Gasteiger partial charge in [-0.3, -0.25) is 25.0 Å². The van der Waals surface area contributed by atoms with Gasteiger partial charge in [0.25, 0.3) is 0 Å². The van der Waals surface area contributed by atoms with Crippen molar-refractivity contribution in [2.75, 3.05) is 0 Å². The van der Waals surface area contributed by atoms with E-state index >= 15 is 0 Å². The van der Waals surface area contributed by atoms with Gasteiger partial charge in [0.2, 0.25) is 0 Å². The molecule has 1 atom stereocenters. The molecule has 4 aliphatic heterocycles. The number of pyridine rings is 1. The maximum absolute atomic E-state index is 5.01. The molecule has 2 aromatic carbocycles. The highest BCUT2D eigenvalue weighted by Gasteiger charge is 2.40. The Kier molecular flexibility index (Phi) is 3.35. The third kappa shape index (κ3) is 2.33. The Morgan fingerprint density at radius 3 is 2.81 bits per heavy atom. The number of aromatic nitrogens is 2. The van der Waals surface area contributed by atoms with E-state index < -0.39 is 0 Å². The average Bonchev–Trinajstić information content (AvgIpc) is 3.67. The molecule has 2 aromatic heterocycles. The van der Waals surface area contributed by atoms with Crippen molar-refractivity contribution in [1.82, 2.24) is 9.97 Å². The molecule has 0 bridgehead atoms. The van der Waals surface area contributed by atoms with Gasteiger partial charge < -0.3 is 4.98 Å². The van der Waals surface area contributed by atoms with E-state index in [4.69, 9.17) is 15.0 Å². The maximum Gasteiger partial charge on any atom is 0.0907 e. The molecule has 5 aliphatic rings. The fraction of sp³-hybridized carbons (Fsp3) is 0.100. The highest BCUT2D eigenvalue weighted by molar-refractivity contribution is 6.42. The van der Waals surface area contributed by atoms with Gasteiger partial charge in [0.1, 0.15) is 0 Å². The second-order valence-electron chi connectivity index (χ2n) is 9.81. The standard InChI is InChI=1S/C30H18N6/c1-2-4-16-11-33-25(7-15(16)3-1)29-28-21-13-32-14-27(21)35-26(28)10-19-17-8-23-18(9-24(17)36-30(19)29)20-12-31-6-5-22(20)34-23/h1-4,6-9,11-14,29,36H,5,10H2. The largest absolute Gasteiger partial charge is 0.357 e. The molecule has 4 aromatic rings. The summed E-state index contributed by atoms with van der Waals surface area (Å²) in [5, 5.41) is 3.54. The molecule has 0 saturated carbocycles. The van der Waals surface area contributed by atoms with Crippen LogP contribution in [-0.2, 0) is 6.42 Å². The molecule has 0 saturated heterocycles. The molecule has 9 rings (SSSR count). The molecular weight excluding hydrogens is 444 g/mol. The van der Waals surface area contributed by atoms with Crippen LogP contribution in [-0.4, -0.2) is 33.8 Å². The minimum atomic E-state index is -0.0395. The van der Waals surface area contributed by atoms with Crippen molar-refractivity contribution in [3.05, 3.63) is 100 Å². The van der Waals surface area contributed by atoms with Crippen LogP contribution in [0.2, 0.25) is 0 Å². The van der Waals surface area contributed by atoms with Gasteiger partial charge in [-0.2, -0.15) is 0 Å². The number of allylic oxidation sites excluding steroid dienone is 4. The van der Waals surface area contributed by atoms with Crippen LogP contribution in [0, 0.1) is 0 Å². The summed E-state index contributed by atoms with van der Waals surface area (Å²) in [6, 6.07) is 15.1. The van der Waals surface area contributed by atoms with Crippen molar-refractivity contribution in [3.8, 4) is 0 Å². The normalized spacial score (nSPS) is 20.6. The lowest BCUT2D eigenvalue weighted by Gasteiger charge is -2.25. The van der Waals surface area contributed by atoms with E-state index in [-0.39, 0.29) is 5.92 Å². The summed E-state index contributed by atoms with van der Waals surface area (Å²) in [5.41, 5.74) is 13.5. The molecule has 6 nitrogen and oxygen atoms in total. The lowest BCUT2D eigenvalue weighted by molar-refractivity contribution is 0.824. The lowest BCUT2D eigenvalue weighted by Crippen LogP contribution is -2.16. The Morgan fingerprint density at radius 2 is 1.83 bits per heavy atom. The van der Waals surface area contributed by atoms with Crippen LogP contribution in [0.15, 0.2) is 97.9 Å². The number of nitrogens with zero attached hydrogens (tertiary/aromatic N) is 5. The monoisotopic (exact) mass is 462 g/mol. The summed E-state index contributed by atoms with van der Waals surface area (Å²) < 4.78 is 0. The van der Waals surface area contributed by atoms with Gasteiger partial charge in [-0.1, -0.05) is 24.3 Å². The molecule has 36 heavy (non-hydrogen) atoms. The molecule has 6 heterocycles. The number of aliphatic imine (C=N–C) groups is 4. The quantitative estimate of drug-likeness (QED) is 0.371.